The summed E-state index contributed by atoms with van der Waals surface area (Å²) in [5.41, 5.74) is 0.242. The molecule has 0 atom stereocenters. The van der Waals surface area contributed by atoms with Crippen molar-refractivity contribution in [2.75, 3.05) is 26.4 Å². The van der Waals surface area contributed by atoms with Crippen molar-refractivity contribution < 1.29 is 34.0 Å². The van der Waals surface area contributed by atoms with Crippen molar-refractivity contribution in [2.45, 2.75) is 31.8 Å². The van der Waals surface area contributed by atoms with E-state index in [0.717, 1.165) is 30.4 Å². The summed E-state index contributed by atoms with van der Waals surface area (Å²) in [6.45, 7) is 1.17. The van der Waals surface area contributed by atoms with Gasteiger partial charge in [0.25, 0.3) is 0 Å². The predicted octanol–water partition coefficient (Wildman–Crippen LogP) is 3.61. The molecule has 0 bridgehead atoms. The monoisotopic (exact) mass is 426 g/mol. The number of phenols is 2. The number of carbonyl (C=O) groups excluding carboxylic acids is 1. The Bertz CT molecular complexity index is 846. The van der Waals surface area contributed by atoms with E-state index in [1.165, 1.54) is 0 Å². The maximum Gasteiger partial charge on any atom is 0.183 e. The Morgan fingerprint density at radius 2 is 1.00 bits per heavy atom. The molecular formula is C24H26O7. The first-order valence-electron chi connectivity index (χ1n) is 10.6. The summed E-state index contributed by atoms with van der Waals surface area (Å²) in [6, 6.07) is 13.4. The molecule has 3 aliphatic rings. The maximum atomic E-state index is 13.7. The largest absolute Gasteiger partial charge is 0.508 e. The molecule has 0 unspecified atom stereocenters. The quantitative estimate of drug-likeness (QED) is 0.757. The van der Waals surface area contributed by atoms with Gasteiger partial charge in [-0.3, -0.25) is 4.79 Å². The highest BCUT2D eigenvalue weighted by Crippen LogP contribution is 2.49. The number of carbonyl (C=O) groups is 1. The smallest absolute Gasteiger partial charge is 0.183 e. The first kappa shape index (κ1) is 20.5. The third kappa shape index (κ3) is 3.72. The van der Waals surface area contributed by atoms with Crippen LogP contribution in [0.5, 0.6) is 11.5 Å². The first-order chi connectivity index (χ1) is 15.0. The van der Waals surface area contributed by atoms with Crippen LogP contribution in [0, 0.1) is 10.8 Å². The van der Waals surface area contributed by atoms with Crippen LogP contribution in [0.25, 0.3) is 0 Å². The van der Waals surface area contributed by atoms with Crippen LogP contribution in [-0.4, -0.2) is 42.4 Å². The Kier molecular flexibility index (Phi) is 5.22. The molecule has 31 heavy (non-hydrogen) atoms. The molecule has 2 aromatic carbocycles. The molecule has 7 heteroatoms. The molecule has 0 amide bonds. The fourth-order valence-electron chi connectivity index (χ4n) is 4.87. The number of aromatic hydroxyl groups is 2. The summed E-state index contributed by atoms with van der Waals surface area (Å²) in [5, 5.41) is 18.9. The zero-order valence-corrected chi connectivity index (χ0v) is 17.2. The second kappa shape index (κ2) is 7.91. The summed E-state index contributed by atoms with van der Waals surface area (Å²) in [5.74, 6) is 0.464. The molecule has 3 fully saturated rings. The van der Waals surface area contributed by atoms with E-state index in [4.69, 9.17) is 18.9 Å². The number of benzene rings is 2. The van der Waals surface area contributed by atoms with Gasteiger partial charge in [-0.15, -0.1) is 0 Å². The van der Waals surface area contributed by atoms with Gasteiger partial charge in [0.05, 0.1) is 37.3 Å². The molecular weight excluding hydrogens is 400 g/mol. The second-order valence-corrected chi connectivity index (χ2v) is 8.83. The number of rotatable bonds is 2. The van der Waals surface area contributed by atoms with Crippen LogP contribution < -0.4 is 0 Å². The van der Waals surface area contributed by atoms with Gasteiger partial charge in [0.1, 0.15) is 11.5 Å². The van der Waals surface area contributed by atoms with E-state index in [1.807, 2.05) is 0 Å². The van der Waals surface area contributed by atoms with Crippen molar-refractivity contribution in [3.63, 3.8) is 0 Å². The highest BCUT2D eigenvalue weighted by atomic mass is 16.7. The molecule has 1 saturated carbocycles. The van der Waals surface area contributed by atoms with E-state index in [9.17, 15) is 15.0 Å². The van der Waals surface area contributed by atoms with Gasteiger partial charge < -0.3 is 29.2 Å². The van der Waals surface area contributed by atoms with E-state index in [-0.39, 0.29) is 17.3 Å². The van der Waals surface area contributed by atoms with Gasteiger partial charge in [0.2, 0.25) is 0 Å². The second-order valence-electron chi connectivity index (χ2n) is 8.83. The molecule has 2 aromatic rings. The van der Waals surface area contributed by atoms with Crippen molar-refractivity contribution >= 4 is 5.78 Å². The van der Waals surface area contributed by atoms with E-state index < -0.39 is 23.4 Å². The standard InChI is InChI=1S/C24H26O7/c25-18-6-2-16(3-7-18)20-28-12-23(13-29-20)10-1-11-24(22(23)27)14-30-21(31-15-24)17-4-8-19(26)9-5-17/h2-9,20-21,25-26H,1,10-15H2. The van der Waals surface area contributed by atoms with Gasteiger partial charge in [-0.25, -0.2) is 0 Å². The topological polar surface area (TPSA) is 94.5 Å². The number of ether oxygens (including phenoxy) is 4. The van der Waals surface area contributed by atoms with Crippen molar-refractivity contribution in [2.24, 2.45) is 10.8 Å². The van der Waals surface area contributed by atoms with Crippen LogP contribution in [0.15, 0.2) is 48.5 Å². The lowest BCUT2D eigenvalue weighted by Crippen LogP contribution is -2.58. The molecule has 2 aliphatic heterocycles. The minimum absolute atomic E-state index is 0.0968. The van der Waals surface area contributed by atoms with Crippen LogP contribution in [-0.2, 0) is 23.7 Å². The van der Waals surface area contributed by atoms with Gasteiger partial charge in [0.15, 0.2) is 18.4 Å². The summed E-state index contributed by atoms with van der Waals surface area (Å²) < 4.78 is 23.9. The van der Waals surface area contributed by atoms with Crippen LogP contribution in [0.2, 0.25) is 0 Å². The average Bonchev–Trinajstić information content (AvgIpc) is 2.80. The van der Waals surface area contributed by atoms with Gasteiger partial charge >= 0.3 is 0 Å². The summed E-state index contributed by atoms with van der Waals surface area (Å²) >= 11 is 0. The molecule has 1 aliphatic carbocycles. The lowest BCUT2D eigenvalue weighted by molar-refractivity contribution is -0.261. The molecule has 0 radical (unpaired) electrons. The third-order valence-corrected chi connectivity index (χ3v) is 6.65. The fraction of sp³-hybridized carbons (Fsp3) is 0.458. The Balaban J connectivity index is 1.26. The number of phenolic OH excluding ortho intramolecular Hbond substituents is 2. The average molecular weight is 426 g/mol. The normalized spacial score (nSPS) is 33.6. The number of hydrogen-bond acceptors (Lipinski definition) is 7. The molecule has 2 N–H and O–H groups in total. The molecule has 7 nitrogen and oxygen atoms in total. The molecule has 5 rings (SSSR count). The number of hydrogen-bond donors (Lipinski definition) is 2. The minimum atomic E-state index is -0.691. The van der Waals surface area contributed by atoms with Crippen molar-refractivity contribution in [3.05, 3.63) is 59.7 Å². The zero-order chi connectivity index (χ0) is 21.5. The van der Waals surface area contributed by atoms with Gasteiger partial charge in [-0.05, 0) is 37.1 Å². The Morgan fingerprint density at radius 1 is 0.645 bits per heavy atom. The Labute approximate surface area is 180 Å². The molecule has 2 saturated heterocycles. The SMILES string of the molecule is O=C1C2(CCCC13COC(c1ccc(O)cc1)OC3)COC(c1ccc(O)cc1)OC2. The van der Waals surface area contributed by atoms with E-state index >= 15 is 0 Å². The molecule has 0 aromatic heterocycles. The lowest BCUT2D eigenvalue weighted by Gasteiger charge is -2.50. The van der Waals surface area contributed by atoms with Crippen LogP contribution in [0.1, 0.15) is 43.0 Å². The summed E-state index contributed by atoms with van der Waals surface area (Å²) in [6.07, 6.45) is 1.22. The van der Waals surface area contributed by atoms with Gasteiger partial charge in [-0.2, -0.15) is 0 Å². The van der Waals surface area contributed by atoms with Crippen LogP contribution in [0.4, 0.5) is 0 Å². The van der Waals surface area contributed by atoms with E-state index in [1.54, 1.807) is 48.5 Å². The van der Waals surface area contributed by atoms with Crippen molar-refractivity contribution in [1.29, 1.82) is 0 Å². The number of ketones is 1. The van der Waals surface area contributed by atoms with E-state index in [2.05, 4.69) is 0 Å². The van der Waals surface area contributed by atoms with Crippen LogP contribution in [0.3, 0.4) is 0 Å². The maximum absolute atomic E-state index is 13.7. The van der Waals surface area contributed by atoms with E-state index in [0.29, 0.717) is 26.4 Å². The van der Waals surface area contributed by atoms with Crippen LogP contribution >= 0.6 is 0 Å². The molecule has 2 spiro atoms. The minimum Gasteiger partial charge on any atom is -0.508 e. The van der Waals surface area contributed by atoms with Crippen molar-refractivity contribution in [3.8, 4) is 11.5 Å². The van der Waals surface area contributed by atoms with Crippen molar-refractivity contribution in [1.82, 2.24) is 0 Å². The summed E-state index contributed by atoms with van der Waals surface area (Å²) in [4.78, 5) is 13.7. The zero-order valence-electron chi connectivity index (χ0n) is 17.2. The highest BCUT2D eigenvalue weighted by molar-refractivity contribution is 5.92. The first-order valence-corrected chi connectivity index (χ1v) is 10.6. The predicted molar refractivity (Wildman–Crippen MR) is 109 cm³/mol. The summed E-state index contributed by atoms with van der Waals surface area (Å²) in [7, 11) is 0. The number of Topliss-reactive ketones (excluding diaryl/α,β-unsaturated/α-hetero) is 1. The Morgan fingerprint density at radius 3 is 1.35 bits per heavy atom. The third-order valence-electron chi connectivity index (χ3n) is 6.65. The molecule has 164 valence electrons. The fourth-order valence-corrected chi connectivity index (χ4v) is 4.87. The Hall–Kier alpha value is -2.45. The highest BCUT2D eigenvalue weighted by Gasteiger charge is 2.57. The van der Waals surface area contributed by atoms with Gasteiger partial charge in [0, 0.05) is 11.1 Å². The lowest BCUT2D eigenvalue weighted by atomic mass is 9.61. The molecule has 2 heterocycles. The van der Waals surface area contributed by atoms with Gasteiger partial charge in [-0.1, -0.05) is 30.7 Å².